The maximum atomic E-state index is 11.2. The molecule has 0 atom stereocenters. The van der Waals surface area contributed by atoms with Gasteiger partial charge in [0.15, 0.2) is 0 Å². The predicted octanol–water partition coefficient (Wildman–Crippen LogP) is 1.29. The summed E-state index contributed by atoms with van der Waals surface area (Å²) in [7, 11) is 0. The van der Waals surface area contributed by atoms with Gasteiger partial charge in [0.25, 0.3) is 0 Å². The second-order valence-corrected chi connectivity index (χ2v) is 2.74. The van der Waals surface area contributed by atoms with E-state index in [4.69, 9.17) is 10.5 Å². The summed E-state index contributed by atoms with van der Waals surface area (Å²) in [5, 5.41) is 16.5. The first-order valence-electron chi connectivity index (χ1n) is 3.92. The minimum Gasteiger partial charge on any atom is -0.295 e. The second kappa shape index (κ2) is 3.68. The van der Waals surface area contributed by atoms with Crippen LogP contribution in [0.4, 0.5) is 0 Å². The first kappa shape index (κ1) is 10.2. The molecule has 1 aromatic carbocycles. The van der Waals surface area contributed by atoms with E-state index >= 15 is 0 Å². The number of hydrogen-bond donors (Lipinski definition) is 2. The third-order valence-corrected chi connectivity index (χ3v) is 1.93. The van der Waals surface area contributed by atoms with E-state index in [1.54, 1.807) is 0 Å². The molecule has 16 heavy (non-hydrogen) atoms. The molecule has 2 rings (SSSR count). The lowest BCUT2D eigenvalue weighted by Gasteiger charge is -2.06. The zero-order valence-electron chi connectivity index (χ0n) is 7.50. The van der Waals surface area contributed by atoms with Crippen molar-refractivity contribution in [1.29, 1.82) is 0 Å². The van der Waals surface area contributed by atoms with Crippen LogP contribution in [-0.4, -0.2) is 22.5 Å². The maximum absolute atomic E-state index is 11.2. The van der Waals surface area contributed by atoms with Crippen molar-refractivity contribution in [2.45, 2.75) is 0 Å². The first-order chi connectivity index (χ1) is 7.69. The zero-order chi connectivity index (χ0) is 11.7. The fraction of sp³-hybridized carbons (Fsp3) is 0. The molecule has 0 unspecified atom stereocenters. The number of benzene rings is 1. The highest BCUT2D eigenvalue weighted by atomic mass is 17.1. The molecule has 0 fully saturated rings. The highest BCUT2D eigenvalue weighted by Crippen LogP contribution is 2.26. The van der Waals surface area contributed by atoms with Crippen LogP contribution >= 0.6 is 0 Å². The summed E-state index contributed by atoms with van der Waals surface area (Å²) in [5.74, 6) is -2.43. The number of carbonyl (C=O) groups is 2. The van der Waals surface area contributed by atoms with Crippen molar-refractivity contribution in [3.63, 3.8) is 0 Å². The molecule has 2 N–H and O–H groups in total. The van der Waals surface area contributed by atoms with Gasteiger partial charge in [-0.25, -0.2) is 9.59 Å². The van der Waals surface area contributed by atoms with E-state index in [0.717, 1.165) is 6.07 Å². The summed E-state index contributed by atoms with van der Waals surface area (Å²) in [6, 6.07) is 2.46. The van der Waals surface area contributed by atoms with E-state index in [1.165, 1.54) is 6.07 Å². The summed E-state index contributed by atoms with van der Waals surface area (Å²) in [6.45, 7) is 0. The standard InChI is InChI=1S/C8H4O8/c9-7(13-11)3-1-2-4-6(16-15-4)5(3)8(10)14-12/h1-2,11-12H. The quantitative estimate of drug-likeness (QED) is 0.582. The van der Waals surface area contributed by atoms with Crippen molar-refractivity contribution < 1.29 is 39.0 Å². The lowest BCUT2D eigenvalue weighted by Crippen LogP contribution is -2.13. The number of carbonyl (C=O) groups excluding carboxylic acids is 2. The molecule has 84 valence electrons. The van der Waals surface area contributed by atoms with Gasteiger partial charge in [0.2, 0.25) is 11.2 Å². The van der Waals surface area contributed by atoms with Gasteiger partial charge in [0.1, 0.15) is 5.56 Å². The monoisotopic (exact) mass is 228 g/mol. The fourth-order valence-electron chi connectivity index (χ4n) is 1.23. The van der Waals surface area contributed by atoms with Crippen LogP contribution in [0.5, 0.6) is 0 Å². The van der Waals surface area contributed by atoms with Crippen LogP contribution in [0.15, 0.2) is 21.3 Å². The predicted molar refractivity (Wildman–Crippen MR) is 44.6 cm³/mol. The smallest absolute Gasteiger partial charge is 0.295 e. The van der Waals surface area contributed by atoms with Crippen LogP contribution in [0.3, 0.4) is 0 Å². The highest BCUT2D eigenvalue weighted by Gasteiger charge is 2.27. The largest absolute Gasteiger partial charge is 0.377 e. The highest BCUT2D eigenvalue weighted by molar-refractivity contribution is 6.10. The molecule has 2 aromatic rings. The lowest BCUT2D eigenvalue weighted by molar-refractivity contribution is -0.185. The van der Waals surface area contributed by atoms with Gasteiger partial charge in [-0.2, -0.15) is 10.5 Å². The van der Waals surface area contributed by atoms with E-state index in [1.807, 2.05) is 0 Å². The Hall–Kier alpha value is -2.32. The molecule has 0 saturated carbocycles. The molecule has 1 aromatic heterocycles. The minimum atomic E-state index is -1.24. The van der Waals surface area contributed by atoms with Gasteiger partial charge in [0.05, 0.1) is 5.56 Å². The maximum Gasteiger partial charge on any atom is 0.377 e. The summed E-state index contributed by atoms with van der Waals surface area (Å²) in [6.07, 6.45) is 0. The van der Waals surface area contributed by atoms with Crippen LogP contribution in [-0.2, 0) is 9.78 Å². The Bertz CT molecular complexity index is 547. The van der Waals surface area contributed by atoms with Gasteiger partial charge in [-0.15, -0.1) is 0 Å². The molecule has 0 amide bonds. The number of rotatable bonds is 2. The molecule has 0 saturated heterocycles. The van der Waals surface area contributed by atoms with Crippen molar-refractivity contribution in [2.75, 3.05) is 0 Å². The first-order valence-corrected chi connectivity index (χ1v) is 3.92. The Balaban J connectivity index is 2.64. The Kier molecular flexibility index (Phi) is 2.35. The molecule has 0 aliphatic carbocycles. The topological polar surface area (TPSA) is 119 Å². The number of hydrogen-bond acceptors (Lipinski definition) is 8. The molecule has 0 radical (unpaired) electrons. The SMILES string of the molecule is O=C(OO)c1ccc2ooc2c1C(=O)OO. The molecule has 8 heteroatoms. The van der Waals surface area contributed by atoms with E-state index in [2.05, 4.69) is 18.9 Å². The van der Waals surface area contributed by atoms with Gasteiger partial charge >= 0.3 is 11.9 Å². The van der Waals surface area contributed by atoms with Crippen molar-refractivity contribution in [2.24, 2.45) is 0 Å². The van der Waals surface area contributed by atoms with Crippen molar-refractivity contribution in [3.05, 3.63) is 23.3 Å². The summed E-state index contributed by atoms with van der Waals surface area (Å²) < 4.78 is 8.94. The van der Waals surface area contributed by atoms with E-state index in [9.17, 15) is 9.59 Å². The molecular weight excluding hydrogens is 224 g/mol. The molecule has 0 aliphatic heterocycles. The van der Waals surface area contributed by atoms with Gasteiger partial charge in [-0.05, 0) is 12.1 Å². The van der Waals surface area contributed by atoms with Gasteiger partial charge in [-0.1, -0.05) is 0 Å². The van der Waals surface area contributed by atoms with Gasteiger partial charge in [-0.3, -0.25) is 18.9 Å². The lowest BCUT2D eigenvalue weighted by atomic mass is 10.1. The van der Waals surface area contributed by atoms with Crippen LogP contribution < -0.4 is 0 Å². The molecule has 0 bridgehead atoms. The van der Waals surface area contributed by atoms with E-state index < -0.39 is 17.5 Å². The molecule has 8 nitrogen and oxygen atoms in total. The molecule has 0 aliphatic rings. The van der Waals surface area contributed by atoms with Crippen LogP contribution in [0, 0.1) is 0 Å². The summed E-state index contributed by atoms with van der Waals surface area (Å²) >= 11 is 0. The van der Waals surface area contributed by atoms with E-state index in [0.29, 0.717) is 0 Å². The summed E-state index contributed by atoms with van der Waals surface area (Å²) in [4.78, 5) is 29.2. The average molecular weight is 228 g/mol. The fourth-order valence-corrected chi connectivity index (χ4v) is 1.23. The van der Waals surface area contributed by atoms with Gasteiger partial charge < -0.3 is 0 Å². The average Bonchev–Trinajstić information content (AvgIpc) is 2.27. The third kappa shape index (κ3) is 1.33. The van der Waals surface area contributed by atoms with Crippen molar-refractivity contribution in [1.82, 2.24) is 0 Å². The third-order valence-electron chi connectivity index (χ3n) is 1.93. The number of fused-ring (bicyclic) bond motifs is 1. The molecular formula is C8H4O8. The Morgan fingerprint density at radius 2 is 1.75 bits per heavy atom. The molecule has 0 spiro atoms. The van der Waals surface area contributed by atoms with Crippen LogP contribution in [0.25, 0.3) is 11.2 Å². The zero-order valence-corrected chi connectivity index (χ0v) is 7.50. The van der Waals surface area contributed by atoms with E-state index in [-0.39, 0.29) is 16.7 Å². The van der Waals surface area contributed by atoms with Gasteiger partial charge in [0, 0.05) is 0 Å². The van der Waals surface area contributed by atoms with Crippen LogP contribution in [0.1, 0.15) is 20.7 Å². The summed E-state index contributed by atoms with van der Waals surface area (Å²) in [5.41, 5.74) is -0.620. The molecule has 1 heterocycles. The van der Waals surface area contributed by atoms with Crippen molar-refractivity contribution in [3.8, 4) is 0 Å². The Morgan fingerprint density at radius 3 is 2.25 bits per heavy atom. The van der Waals surface area contributed by atoms with Crippen molar-refractivity contribution >= 4 is 23.1 Å². The van der Waals surface area contributed by atoms with Crippen LogP contribution in [0.2, 0.25) is 0 Å². The minimum absolute atomic E-state index is 0.0815. The normalized spacial score (nSPS) is 10.4. The second-order valence-electron chi connectivity index (χ2n) is 2.74. The Morgan fingerprint density at radius 1 is 1.06 bits per heavy atom. The Labute approximate surface area is 86.4 Å².